The zero-order chi connectivity index (χ0) is 15.9. The summed E-state index contributed by atoms with van der Waals surface area (Å²) in [4.78, 5) is 14.8. The van der Waals surface area contributed by atoms with Gasteiger partial charge in [0.2, 0.25) is 5.91 Å². The van der Waals surface area contributed by atoms with Gasteiger partial charge in [0.1, 0.15) is 6.04 Å². The lowest BCUT2D eigenvalue weighted by molar-refractivity contribution is -0.134. The van der Waals surface area contributed by atoms with Crippen LogP contribution in [0.25, 0.3) is 0 Å². The van der Waals surface area contributed by atoms with Gasteiger partial charge in [-0.1, -0.05) is 12.1 Å². The first-order valence-corrected chi connectivity index (χ1v) is 8.33. The molecule has 0 spiro atoms. The molecule has 0 unspecified atom stereocenters. The Kier molecular flexibility index (Phi) is 6.60. The number of hydrogen-bond acceptors (Lipinski definition) is 4. The second kappa shape index (κ2) is 8.45. The normalized spacial score (nSPS) is 19.4. The van der Waals surface area contributed by atoms with E-state index in [0.717, 1.165) is 10.5 Å². The lowest BCUT2D eigenvalue weighted by Crippen LogP contribution is -2.54. The molecule has 0 saturated carbocycles. The van der Waals surface area contributed by atoms with E-state index in [-0.39, 0.29) is 12.5 Å². The summed E-state index contributed by atoms with van der Waals surface area (Å²) in [6.45, 7) is 0.873. The number of carbonyl (C=O) groups is 1. The average molecular weight is 330 g/mol. The molecular weight excluding hydrogens is 310 g/mol. The minimum Gasteiger partial charge on any atom is -0.378 e. The summed E-state index contributed by atoms with van der Waals surface area (Å²) >= 11 is 1.65. The highest BCUT2D eigenvalue weighted by atomic mass is 32.2. The van der Waals surface area contributed by atoms with Crippen LogP contribution < -0.4 is 5.32 Å². The lowest BCUT2D eigenvalue weighted by atomic mass is 10.2. The van der Waals surface area contributed by atoms with E-state index in [1.54, 1.807) is 11.8 Å². The van der Waals surface area contributed by atoms with Crippen molar-refractivity contribution in [1.82, 2.24) is 10.2 Å². The maximum atomic E-state index is 12.6. The van der Waals surface area contributed by atoms with Gasteiger partial charge in [-0.05, 0) is 24.0 Å². The SMILES string of the molecule is CSc1ccc(CNC(=O)[C@H]2COCCN2CC(F)F)cc1. The molecule has 1 aromatic carbocycles. The zero-order valence-corrected chi connectivity index (χ0v) is 13.2. The van der Waals surface area contributed by atoms with E-state index in [0.29, 0.717) is 19.7 Å². The summed E-state index contributed by atoms with van der Waals surface area (Å²) in [6.07, 6.45) is -0.454. The summed E-state index contributed by atoms with van der Waals surface area (Å²) in [6, 6.07) is 7.21. The number of hydrogen-bond donors (Lipinski definition) is 1. The van der Waals surface area contributed by atoms with Gasteiger partial charge in [-0.15, -0.1) is 11.8 Å². The van der Waals surface area contributed by atoms with E-state index in [2.05, 4.69) is 5.32 Å². The van der Waals surface area contributed by atoms with Gasteiger partial charge in [0.05, 0.1) is 19.8 Å². The Bertz CT molecular complexity index is 485. The van der Waals surface area contributed by atoms with E-state index in [4.69, 9.17) is 4.74 Å². The quantitative estimate of drug-likeness (QED) is 0.810. The highest BCUT2D eigenvalue weighted by Crippen LogP contribution is 2.15. The van der Waals surface area contributed by atoms with Crippen LogP contribution in [0.1, 0.15) is 5.56 Å². The van der Waals surface area contributed by atoms with E-state index in [9.17, 15) is 13.6 Å². The fourth-order valence-corrected chi connectivity index (χ4v) is 2.73. The van der Waals surface area contributed by atoms with Gasteiger partial charge in [0.25, 0.3) is 6.43 Å². The highest BCUT2D eigenvalue weighted by Gasteiger charge is 2.30. The number of morpholine rings is 1. The van der Waals surface area contributed by atoms with Crippen molar-refractivity contribution in [2.24, 2.45) is 0 Å². The number of ether oxygens (including phenoxy) is 1. The molecule has 22 heavy (non-hydrogen) atoms. The molecule has 1 saturated heterocycles. The third kappa shape index (κ3) is 4.93. The Morgan fingerprint density at radius 2 is 2.18 bits per heavy atom. The molecule has 122 valence electrons. The topological polar surface area (TPSA) is 41.6 Å². The van der Waals surface area contributed by atoms with E-state index in [1.165, 1.54) is 4.90 Å². The van der Waals surface area contributed by atoms with E-state index < -0.39 is 19.0 Å². The summed E-state index contributed by atoms with van der Waals surface area (Å²) in [5.74, 6) is -0.269. The van der Waals surface area contributed by atoms with Crippen molar-refractivity contribution in [3.63, 3.8) is 0 Å². The van der Waals surface area contributed by atoms with Gasteiger partial charge in [-0.2, -0.15) is 0 Å². The molecule has 2 rings (SSSR count). The molecule has 4 nitrogen and oxygen atoms in total. The van der Waals surface area contributed by atoms with Gasteiger partial charge in [-0.25, -0.2) is 8.78 Å². The van der Waals surface area contributed by atoms with Crippen molar-refractivity contribution in [2.75, 3.05) is 32.6 Å². The number of halogens is 2. The van der Waals surface area contributed by atoms with Crippen molar-refractivity contribution < 1.29 is 18.3 Å². The molecule has 1 amide bonds. The van der Waals surface area contributed by atoms with Crippen LogP contribution in [0.15, 0.2) is 29.2 Å². The molecule has 1 aromatic rings. The molecule has 1 atom stereocenters. The van der Waals surface area contributed by atoms with Crippen molar-refractivity contribution >= 4 is 17.7 Å². The number of alkyl halides is 2. The zero-order valence-electron chi connectivity index (χ0n) is 12.4. The Balaban J connectivity index is 1.88. The summed E-state index contributed by atoms with van der Waals surface area (Å²) < 4.78 is 30.4. The van der Waals surface area contributed by atoms with Crippen LogP contribution in [0.4, 0.5) is 8.78 Å². The third-order valence-corrected chi connectivity index (χ3v) is 4.28. The minimum atomic E-state index is -2.45. The molecule has 0 bridgehead atoms. The van der Waals surface area contributed by atoms with Crippen LogP contribution in [0.3, 0.4) is 0 Å². The van der Waals surface area contributed by atoms with Crippen LogP contribution in [0.5, 0.6) is 0 Å². The fraction of sp³-hybridized carbons (Fsp3) is 0.533. The van der Waals surface area contributed by atoms with Crippen molar-refractivity contribution in [1.29, 1.82) is 0 Å². The van der Waals surface area contributed by atoms with Gasteiger partial charge in [0, 0.05) is 18.0 Å². The van der Waals surface area contributed by atoms with Gasteiger partial charge < -0.3 is 10.1 Å². The summed E-state index contributed by atoms with van der Waals surface area (Å²) in [5, 5.41) is 2.80. The Morgan fingerprint density at radius 3 is 2.82 bits per heavy atom. The first-order valence-electron chi connectivity index (χ1n) is 7.10. The lowest BCUT2D eigenvalue weighted by Gasteiger charge is -2.34. The van der Waals surface area contributed by atoms with Crippen molar-refractivity contribution in [3.8, 4) is 0 Å². The molecule has 0 aromatic heterocycles. The molecular formula is C15H20F2N2O2S. The second-order valence-corrected chi connectivity index (χ2v) is 5.92. The predicted octanol–water partition coefficient (Wildman–Crippen LogP) is 1.99. The molecule has 7 heteroatoms. The molecule has 1 aliphatic heterocycles. The smallest absolute Gasteiger partial charge is 0.251 e. The van der Waals surface area contributed by atoms with Crippen LogP contribution in [-0.4, -0.2) is 55.8 Å². The van der Waals surface area contributed by atoms with Crippen molar-refractivity contribution in [2.45, 2.75) is 23.9 Å². The predicted molar refractivity (Wildman–Crippen MR) is 82.3 cm³/mol. The molecule has 1 N–H and O–H groups in total. The van der Waals surface area contributed by atoms with E-state index >= 15 is 0 Å². The van der Waals surface area contributed by atoms with Crippen LogP contribution in [0.2, 0.25) is 0 Å². The van der Waals surface area contributed by atoms with Gasteiger partial charge >= 0.3 is 0 Å². The summed E-state index contributed by atoms with van der Waals surface area (Å²) in [5.41, 5.74) is 0.975. The third-order valence-electron chi connectivity index (χ3n) is 3.54. The van der Waals surface area contributed by atoms with E-state index in [1.807, 2.05) is 30.5 Å². The number of nitrogens with zero attached hydrogens (tertiary/aromatic N) is 1. The molecule has 1 aliphatic rings. The molecule has 1 fully saturated rings. The fourth-order valence-electron chi connectivity index (χ4n) is 2.33. The van der Waals surface area contributed by atoms with Crippen LogP contribution in [-0.2, 0) is 16.1 Å². The average Bonchev–Trinajstić information content (AvgIpc) is 2.53. The maximum Gasteiger partial charge on any atom is 0.251 e. The first-order chi connectivity index (χ1) is 10.6. The van der Waals surface area contributed by atoms with Gasteiger partial charge in [0.15, 0.2) is 0 Å². The monoisotopic (exact) mass is 330 g/mol. The number of benzene rings is 1. The Labute approximate surface area is 133 Å². The van der Waals surface area contributed by atoms with Crippen LogP contribution in [0, 0.1) is 0 Å². The number of thioether (sulfide) groups is 1. The Morgan fingerprint density at radius 1 is 1.45 bits per heavy atom. The van der Waals surface area contributed by atoms with Crippen LogP contribution >= 0.6 is 11.8 Å². The Hall–Kier alpha value is -1.18. The summed E-state index contributed by atoms with van der Waals surface area (Å²) in [7, 11) is 0. The number of amides is 1. The van der Waals surface area contributed by atoms with Crippen molar-refractivity contribution in [3.05, 3.63) is 29.8 Å². The number of carbonyl (C=O) groups excluding carboxylic acids is 1. The van der Waals surface area contributed by atoms with Gasteiger partial charge in [-0.3, -0.25) is 9.69 Å². The molecule has 0 radical (unpaired) electrons. The largest absolute Gasteiger partial charge is 0.378 e. The number of rotatable bonds is 6. The number of nitrogens with one attached hydrogen (secondary N) is 1. The minimum absolute atomic E-state index is 0.157. The standard InChI is InChI=1S/C15H20F2N2O2S/c1-22-12-4-2-11(3-5-12)8-18-15(20)13-10-21-7-6-19(13)9-14(16)17/h2-5,13-14H,6-10H2,1H3,(H,18,20)/t13-/m1/s1. The second-order valence-electron chi connectivity index (χ2n) is 5.04. The highest BCUT2D eigenvalue weighted by molar-refractivity contribution is 7.98. The molecule has 1 heterocycles. The maximum absolute atomic E-state index is 12.6. The first kappa shape index (κ1) is 17.2. The molecule has 0 aliphatic carbocycles.